The fourth-order valence-electron chi connectivity index (χ4n) is 2.72. The van der Waals surface area contributed by atoms with Crippen LogP contribution in [0.4, 0.5) is 0 Å². The summed E-state index contributed by atoms with van der Waals surface area (Å²) in [4.78, 5) is 16.7. The number of benzene rings is 2. The second kappa shape index (κ2) is 8.44. The Morgan fingerprint density at radius 1 is 1.21 bits per heavy atom. The minimum absolute atomic E-state index is 0.124. The number of hydrogen-bond donors (Lipinski definition) is 1. The van der Waals surface area contributed by atoms with Crippen LogP contribution in [0.5, 0.6) is 5.75 Å². The van der Waals surface area contributed by atoms with Crippen molar-refractivity contribution in [3.8, 4) is 17.1 Å². The highest BCUT2D eigenvalue weighted by Crippen LogP contribution is 2.24. The SMILES string of the molecule is Cc1cc(C)c(C)c(OC(C)C(=O)NCc2nc(-c3ccc(Cl)cc3)no2)c1. The number of rotatable bonds is 6. The van der Waals surface area contributed by atoms with Crippen LogP contribution in [-0.2, 0) is 11.3 Å². The Hall–Kier alpha value is -2.86. The molecule has 1 atom stereocenters. The van der Waals surface area contributed by atoms with Crippen LogP contribution < -0.4 is 10.1 Å². The van der Waals surface area contributed by atoms with E-state index in [1.807, 2.05) is 26.8 Å². The lowest BCUT2D eigenvalue weighted by atomic mass is 10.1. The molecular formula is C21H22ClN3O3. The third kappa shape index (κ3) is 4.70. The first-order chi connectivity index (χ1) is 13.3. The van der Waals surface area contributed by atoms with E-state index in [4.69, 9.17) is 20.9 Å². The average molecular weight is 400 g/mol. The second-order valence-corrected chi connectivity index (χ2v) is 7.14. The summed E-state index contributed by atoms with van der Waals surface area (Å²) >= 11 is 5.88. The maximum absolute atomic E-state index is 12.4. The zero-order valence-corrected chi connectivity index (χ0v) is 17.0. The summed E-state index contributed by atoms with van der Waals surface area (Å²) in [6.07, 6.45) is -0.654. The van der Waals surface area contributed by atoms with E-state index in [9.17, 15) is 4.79 Å². The Labute approximate surface area is 168 Å². The summed E-state index contributed by atoms with van der Waals surface area (Å²) in [7, 11) is 0. The first kappa shape index (κ1) is 19.9. The van der Waals surface area contributed by atoms with Gasteiger partial charge in [-0.15, -0.1) is 0 Å². The molecule has 0 aliphatic rings. The van der Waals surface area contributed by atoms with Crippen LogP contribution in [0.1, 0.15) is 29.5 Å². The first-order valence-electron chi connectivity index (χ1n) is 8.94. The average Bonchev–Trinajstić information content (AvgIpc) is 3.13. The van der Waals surface area contributed by atoms with Gasteiger partial charge in [0.05, 0.1) is 6.54 Å². The van der Waals surface area contributed by atoms with Crippen molar-refractivity contribution in [2.75, 3.05) is 0 Å². The molecule has 1 unspecified atom stereocenters. The molecular weight excluding hydrogens is 378 g/mol. The number of aromatic nitrogens is 2. The smallest absolute Gasteiger partial charge is 0.261 e. The molecule has 7 heteroatoms. The molecule has 146 valence electrons. The molecule has 6 nitrogen and oxygen atoms in total. The van der Waals surface area contributed by atoms with Gasteiger partial charge in [-0.25, -0.2) is 0 Å². The van der Waals surface area contributed by atoms with E-state index in [1.54, 1.807) is 31.2 Å². The van der Waals surface area contributed by atoms with Crippen LogP contribution >= 0.6 is 11.6 Å². The summed E-state index contributed by atoms with van der Waals surface area (Å²) < 4.78 is 11.1. The third-order valence-electron chi connectivity index (χ3n) is 4.42. The molecule has 0 saturated heterocycles. The Morgan fingerprint density at radius 3 is 2.64 bits per heavy atom. The molecule has 3 aromatic rings. The molecule has 1 heterocycles. The predicted molar refractivity (Wildman–Crippen MR) is 107 cm³/mol. The van der Waals surface area contributed by atoms with E-state index in [2.05, 4.69) is 21.5 Å². The van der Waals surface area contributed by atoms with E-state index in [0.29, 0.717) is 22.5 Å². The fourth-order valence-corrected chi connectivity index (χ4v) is 2.84. The van der Waals surface area contributed by atoms with Gasteiger partial charge < -0.3 is 14.6 Å². The van der Waals surface area contributed by atoms with Crippen LogP contribution in [0, 0.1) is 20.8 Å². The summed E-state index contributed by atoms with van der Waals surface area (Å²) in [5, 5.41) is 7.32. The summed E-state index contributed by atoms with van der Waals surface area (Å²) in [6.45, 7) is 7.83. The maximum atomic E-state index is 12.4. The number of nitrogens with one attached hydrogen (secondary N) is 1. The van der Waals surface area contributed by atoms with Gasteiger partial charge in [0.1, 0.15) is 5.75 Å². The van der Waals surface area contributed by atoms with Crippen LogP contribution in [-0.4, -0.2) is 22.2 Å². The standard InChI is InChI=1S/C21H22ClN3O3/c1-12-9-13(2)14(3)18(10-12)27-15(4)21(26)23-11-19-24-20(25-28-19)16-5-7-17(22)8-6-16/h5-10,15H,11H2,1-4H3,(H,23,26). The maximum Gasteiger partial charge on any atom is 0.261 e. The molecule has 1 N–H and O–H groups in total. The highest BCUT2D eigenvalue weighted by Gasteiger charge is 2.18. The van der Waals surface area contributed by atoms with Gasteiger partial charge in [-0.1, -0.05) is 22.8 Å². The lowest BCUT2D eigenvalue weighted by Crippen LogP contribution is -2.36. The van der Waals surface area contributed by atoms with Crippen molar-refractivity contribution < 1.29 is 14.1 Å². The van der Waals surface area contributed by atoms with E-state index in [-0.39, 0.29) is 12.5 Å². The lowest BCUT2D eigenvalue weighted by molar-refractivity contribution is -0.127. The molecule has 0 spiro atoms. The molecule has 2 aromatic carbocycles. The number of nitrogens with zero attached hydrogens (tertiary/aromatic N) is 2. The third-order valence-corrected chi connectivity index (χ3v) is 4.67. The van der Waals surface area contributed by atoms with Gasteiger partial charge >= 0.3 is 0 Å². The molecule has 0 saturated carbocycles. The van der Waals surface area contributed by atoms with E-state index in [1.165, 1.54) is 0 Å². The Balaban J connectivity index is 1.59. The fraction of sp³-hybridized carbons (Fsp3) is 0.286. The van der Waals surface area contributed by atoms with E-state index >= 15 is 0 Å². The Bertz CT molecular complexity index is 983. The normalized spacial score (nSPS) is 11.9. The van der Waals surface area contributed by atoms with Crippen molar-refractivity contribution in [2.24, 2.45) is 0 Å². The summed E-state index contributed by atoms with van der Waals surface area (Å²) in [6, 6.07) is 11.1. The highest BCUT2D eigenvalue weighted by molar-refractivity contribution is 6.30. The molecule has 28 heavy (non-hydrogen) atoms. The number of carbonyl (C=O) groups excluding carboxylic acids is 1. The van der Waals surface area contributed by atoms with Crippen LogP contribution in [0.15, 0.2) is 40.9 Å². The Kier molecular flexibility index (Phi) is 5.99. The van der Waals surface area contributed by atoms with Crippen molar-refractivity contribution in [1.82, 2.24) is 15.5 Å². The lowest BCUT2D eigenvalue weighted by Gasteiger charge is -2.17. The topological polar surface area (TPSA) is 77.2 Å². The van der Waals surface area contributed by atoms with Crippen molar-refractivity contribution in [3.05, 3.63) is 64.0 Å². The van der Waals surface area contributed by atoms with Gasteiger partial charge in [0.15, 0.2) is 6.10 Å². The van der Waals surface area contributed by atoms with Crippen LogP contribution in [0.3, 0.4) is 0 Å². The quantitative estimate of drug-likeness (QED) is 0.664. The van der Waals surface area contributed by atoms with Gasteiger partial charge in [-0.05, 0) is 74.7 Å². The highest BCUT2D eigenvalue weighted by atomic mass is 35.5. The number of carbonyl (C=O) groups is 1. The monoisotopic (exact) mass is 399 g/mol. The molecule has 0 aliphatic heterocycles. The molecule has 1 aromatic heterocycles. The van der Waals surface area contributed by atoms with Gasteiger partial charge in [0.25, 0.3) is 5.91 Å². The molecule has 0 bridgehead atoms. The predicted octanol–water partition coefficient (Wildman–Crippen LogP) is 4.40. The number of hydrogen-bond acceptors (Lipinski definition) is 5. The number of aryl methyl sites for hydroxylation is 2. The largest absolute Gasteiger partial charge is 0.481 e. The van der Waals surface area contributed by atoms with Gasteiger partial charge in [0, 0.05) is 10.6 Å². The minimum Gasteiger partial charge on any atom is -0.481 e. The van der Waals surface area contributed by atoms with Crippen LogP contribution in [0.2, 0.25) is 5.02 Å². The number of amides is 1. The second-order valence-electron chi connectivity index (χ2n) is 6.70. The van der Waals surface area contributed by atoms with Crippen molar-refractivity contribution in [2.45, 2.75) is 40.3 Å². The van der Waals surface area contributed by atoms with Gasteiger partial charge in [-0.3, -0.25) is 4.79 Å². The van der Waals surface area contributed by atoms with Crippen LogP contribution in [0.25, 0.3) is 11.4 Å². The minimum atomic E-state index is -0.654. The van der Waals surface area contributed by atoms with Crippen molar-refractivity contribution >= 4 is 17.5 Å². The van der Waals surface area contributed by atoms with Crippen molar-refractivity contribution in [1.29, 1.82) is 0 Å². The number of halogens is 1. The molecule has 0 fully saturated rings. The molecule has 0 aliphatic carbocycles. The summed E-state index contributed by atoms with van der Waals surface area (Å²) in [5.41, 5.74) is 4.02. The zero-order valence-electron chi connectivity index (χ0n) is 16.2. The Morgan fingerprint density at radius 2 is 1.93 bits per heavy atom. The first-order valence-corrected chi connectivity index (χ1v) is 9.32. The van der Waals surface area contributed by atoms with Gasteiger partial charge in [-0.2, -0.15) is 4.98 Å². The summed E-state index contributed by atoms with van der Waals surface area (Å²) in [5.74, 6) is 1.21. The van der Waals surface area contributed by atoms with E-state index < -0.39 is 6.10 Å². The molecule has 0 radical (unpaired) electrons. The molecule has 1 amide bonds. The van der Waals surface area contributed by atoms with E-state index in [0.717, 1.165) is 22.3 Å². The zero-order chi connectivity index (χ0) is 20.3. The molecule has 3 rings (SSSR count). The number of ether oxygens (including phenoxy) is 1. The van der Waals surface area contributed by atoms with Gasteiger partial charge in [0.2, 0.25) is 11.7 Å². The van der Waals surface area contributed by atoms with Crippen molar-refractivity contribution in [3.63, 3.8) is 0 Å².